The van der Waals surface area contributed by atoms with E-state index in [-0.39, 0.29) is 11.8 Å². The Balaban J connectivity index is 1.97. The van der Waals surface area contributed by atoms with Crippen LogP contribution in [0.3, 0.4) is 0 Å². The summed E-state index contributed by atoms with van der Waals surface area (Å²) in [5.41, 5.74) is 5.49. The van der Waals surface area contributed by atoms with Crippen molar-refractivity contribution in [1.82, 2.24) is 4.90 Å². The first-order chi connectivity index (χ1) is 6.81. The summed E-state index contributed by atoms with van der Waals surface area (Å²) in [6, 6.07) is 3.71. The van der Waals surface area contributed by atoms with Crippen molar-refractivity contribution in [3.05, 3.63) is 24.2 Å². The highest BCUT2D eigenvalue weighted by Gasteiger charge is 2.30. The van der Waals surface area contributed by atoms with Gasteiger partial charge in [0.15, 0.2) is 0 Å². The molecule has 1 atom stereocenters. The van der Waals surface area contributed by atoms with Crippen molar-refractivity contribution in [3.8, 4) is 0 Å². The fourth-order valence-corrected chi connectivity index (χ4v) is 1.77. The van der Waals surface area contributed by atoms with Crippen LogP contribution in [0.2, 0.25) is 0 Å². The van der Waals surface area contributed by atoms with Gasteiger partial charge < -0.3 is 15.1 Å². The molecule has 0 aliphatic carbocycles. The topological polar surface area (TPSA) is 59.5 Å². The zero-order valence-corrected chi connectivity index (χ0v) is 7.98. The molecule has 2 heterocycles. The molecule has 14 heavy (non-hydrogen) atoms. The Morgan fingerprint density at radius 3 is 3.07 bits per heavy atom. The van der Waals surface area contributed by atoms with Crippen LogP contribution in [0.1, 0.15) is 12.2 Å². The molecule has 1 fully saturated rings. The first kappa shape index (κ1) is 9.27. The van der Waals surface area contributed by atoms with Crippen LogP contribution >= 0.6 is 0 Å². The zero-order valence-electron chi connectivity index (χ0n) is 7.98. The molecule has 4 nitrogen and oxygen atoms in total. The van der Waals surface area contributed by atoms with Gasteiger partial charge in [0, 0.05) is 13.1 Å². The second-order valence-corrected chi connectivity index (χ2v) is 3.56. The van der Waals surface area contributed by atoms with Gasteiger partial charge in [-0.05, 0) is 18.6 Å². The summed E-state index contributed by atoms with van der Waals surface area (Å²) in [5, 5.41) is 0. The molecule has 1 aliphatic heterocycles. The van der Waals surface area contributed by atoms with Crippen molar-refractivity contribution < 1.29 is 9.21 Å². The van der Waals surface area contributed by atoms with E-state index in [1.54, 1.807) is 11.2 Å². The third-order valence-corrected chi connectivity index (χ3v) is 2.62. The standard InChI is InChI=1S/C10H14N2O2/c11-6-8-3-4-12(10(8)13)7-9-2-1-5-14-9/h1-2,5,8H,3-4,6-7,11H2. The largest absolute Gasteiger partial charge is 0.467 e. The second kappa shape index (κ2) is 3.84. The highest BCUT2D eigenvalue weighted by Crippen LogP contribution is 2.19. The fourth-order valence-electron chi connectivity index (χ4n) is 1.77. The average molecular weight is 194 g/mol. The van der Waals surface area contributed by atoms with Gasteiger partial charge in [-0.3, -0.25) is 4.79 Å². The monoisotopic (exact) mass is 194 g/mol. The number of amides is 1. The maximum atomic E-state index is 11.7. The van der Waals surface area contributed by atoms with Gasteiger partial charge in [-0.25, -0.2) is 0 Å². The van der Waals surface area contributed by atoms with Gasteiger partial charge >= 0.3 is 0 Å². The number of likely N-dealkylation sites (tertiary alicyclic amines) is 1. The van der Waals surface area contributed by atoms with E-state index in [0.29, 0.717) is 13.1 Å². The lowest BCUT2D eigenvalue weighted by molar-refractivity contribution is -0.131. The molecule has 1 aliphatic rings. The number of rotatable bonds is 3. The predicted octanol–water partition coefficient (Wildman–Crippen LogP) is 0.587. The van der Waals surface area contributed by atoms with Crippen molar-refractivity contribution in [2.24, 2.45) is 11.7 Å². The Morgan fingerprint density at radius 2 is 2.50 bits per heavy atom. The summed E-state index contributed by atoms with van der Waals surface area (Å²) in [5.74, 6) is 1.00. The van der Waals surface area contributed by atoms with E-state index in [1.807, 2.05) is 12.1 Å². The molecule has 2 N–H and O–H groups in total. The molecule has 0 spiro atoms. The Labute approximate surface area is 82.7 Å². The molecule has 0 saturated carbocycles. The highest BCUT2D eigenvalue weighted by molar-refractivity contribution is 5.81. The molecule has 76 valence electrons. The molecule has 0 bridgehead atoms. The van der Waals surface area contributed by atoms with Crippen LogP contribution in [0.4, 0.5) is 0 Å². The summed E-state index contributed by atoms with van der Waals surface area (Å²) < 4.78 is 5.19. The normalized spacial score (nSPS) is 21.9. The molecular weight excluding hydrogens is 180 g/mol. The molecule has 1 aromatic heterocycles. The van der Waals surface area contributed by atoms with E-state index in [9.17, 15) is 4.79 Å². The number of hydrogen-bond acceptors (Lipinski definition) is 3. The fraction of sp³-hybridized carbons (Fsp3) is 0.500. The van der Waals surface area contributed by atoms with Crippen molar-refractivity contribution in [3.63, 3.8) is 0 Å². The van der Waals surface area contributed by atoms with E-state index in [0.717, 1.165) is 18.7 Å². The summed E-state index contributed by atoms with van der Waals surface area (Å²) in [4.78, 5) is 13.5. The summed E-state index contributed by atoms with van der Waals surface area (Å²) in [6.07, 6.45) is 2.49. The summed E-state index contributed by atoms with van der Waals surface area (Å²) >= 11 is 0. The number of hydrogen-bond donors (Lipinski definition) is 1. The predicted molar refractivity (Wildman–Crippen MR) is 51.3 cm³/mol. The van der Waals surface area contributed by atoms with Crippen molar-refractivity contribution in [1.29, 1.82) is 0 Å². The maximum absolute atomic E-state index is 11.7. The average Bonchev–Trinajstić information content (AvgIpc) is 2.79. The Kier molecular flexibility index (Phi) is 2.54. The van der Waals surface area contributed by atoms with Gasteiger partial charge in [0.25, 0.3) is 0 Å². The summed E-state index contributed by atoms with van der Waals surface area (Å²) in [6.45, 7) is 1.82. The number of nitrogens with two attached hydrogens (primary N) is 1. The maximum Gasteiger partial charge on any atom is 0.227 e. The van der Waals surface area contributed by atoms with Crippen LogP contribution in [0.25, 0.3) is 0 Å². The lowest BCUT2D eigenvalue weighted by Crippen LogP contribution is -2.29. The van der Waals surface area contributed by atoms with Gasteiger partial charge in [-0.1, -0.05) is 0 Å². The van der Waals surface area contributed by atoms with E-state index in [4.69, 9.17) is 10.2 Å². The molecule has 1 aromatic rings. The molecule has 1 amide bonds. The lowest BCUT2D eigenvalue weighted by atomic mass is 10.1. The molecule has 2 rings (SSSR count). The van der Waals surface area contributed by atoms with E-state index in [1.165, 1.54) is 0 Å². The lowest BCUT2D eigenvalue weighted by Gasteiger charge is -2.14. The van der Waals surface area contributed by atoms with Crippen molar-refractivity contribution in [2.75, 3.05) is 13.1 Å². The van der Waals surface area contributed by atoms with Crippen LogP contribution in [0.5, 0.6) is 0 Å². The number of nitrogens with zero attached hydrogens (tertiary/aromatic N) is 1. The van der Waals surface area contributed by atoms with Crippen LogP contribution in [0, 0.1) is 5.92 Å². The Hall–Kier alpha value is -1.29. The van der Waals surface area contributed by atoms with Gasteiger partial charge in [-0.2, -0.15) is 0 Å². The molecule has 0 radical (unpaired) electrons. The van der Waals surface area contributed by atoms with Gasteiger partial charge in [0.05, 0.1) is 18.7 Å². The quantitative estimate of drug-likeness (QED) is 0.766. The van der Waals surface area contributed by atoms with E-state index in [2.05, 4.69) is 0 Å². The first-order valence-corrected chi connectivity index (χ1v) is 4.82. The van der Waals surface area contributed by atoms with Gasteiger partial charge in [0.2, 0.25) is 5.91 Å². The summed E-state index contributed by atoms with van der Waals surface area (Å²) in [7, 11) is 0. The van der Waals surface area contributed by atoms with Gasteiger partial charge in [0.1, 0.15) is 5.76 Å². The number of carbonyl (C=O) groups excluding carboxylic acids is 1. The molecular formula is C10H14N2O2. The molecule has 4 heteroatoms. The highest BCUT2D eigenvalue weighted by atomic mass is 16.3. The SMILES string of the molecule is NCC1CCN(Cc2ccco2)C1=O. The number of furan rings is 1. The molecule has 0 aromatic carbocycles. The smallest absolute Gasteiger partial charge is 0.227 e. The van der Waals surface area contributed by atoms with Crippen molar-refractivity contribution in [2.45, 2.75) is 13.0 Å². The van der Waals surface area contributed by atoms with Crippen LogP contribution < -0.4 is 5.73 Å². The first-order valence-electron chi connectivity index (χ1n) is 4.82. The Morgan fingerprint density at radius 1 is 1.64 bits per heavy atom. The molecule has 1 unspecified atom stereocenters. The zero-order chi connectivity index (χ0) is 9.97. The van der Waals surface area contributed by atoms with Crippen molar-refractivity contribution >= 4 is 5.91 Å². The third-order valence-electron chi connectivity index (χ3n) is 2.62. The van der Waals surface area contributed by atoms with E-state index >= 15 is 0 Å². The minimum Gasteiger partial charge on any atom is -0.467 e. The molecule has 1 saturated heterocycles. The van der Waals surface area contributed by atoms with E-state index < -0.39 is 0 Å². The number of carbonyl (C=O) groups is 1. The minimum absolute atomic E-state index is 0.0185. The third kappa shape index (κ3) is 1.65. The van der Waals surface area contributed by atoms with Gasteiger partial charge in [-0.15, -0.1) is 0 Å². The second-order valence-electron chi connectivity index (χ2n) is 3.56. The minimum atomic E-state index is 0.0185. The van der Waals surface area contributed by atoms with Crippen LogP contribution in [-0.4, -0.2) is 23.9 Å². The van der Waals surface area contributed by atoms with Crippen LogP contribution in [0.15, 0.2) is 22.8 Å². The Bertz CT molecular complexity index is 308. The van der Waals surface area contributed by atoms with Crippen LogP contribution in [-0.2, 0) is 11.3 Å².